The van der Waals surface area contributed by atoms with Gasteiger partial charge in [-0.1, -0.05) is 11.6 Å². The number of carboxylic acid groups (broad SMARTS) is 1. The summed E-state index contributed by atoms with van der Waals surface area (Å²) in [5.41, 5.74) is -2.48. The number of carbonyl (C=O) groups is 1. The van der Waals surface area contributed by atoms with Crippen LogP contribution in [-0.4, -0.2) is 21.0 Å². The van der Waals surface area contributed by atoms with Gasteiger partial charge < -0.3 is 5.11 Å². The van der Waals surface area contributed by atoms with Gasteiger partial charge in [-0.2, -0.15) is 0 Å². The van der Waals surface area contributed by atoms with Crippen LogP contribution in [0.2, 0.25) is 5.15 Å². The molecule has 0 aliphatic heterocycles. The zero-order valence-electron chi connectivity index (χ0n) is 8.06. The minimum atomic E-state index is -3.20. The second-order valence-electron chi connectivity index (χ2n) is 2.95. The molecule has 0 aromatic carbocycles. The Morgan fingerprint density at radius 2 is 2.24 bits per heavy atom. The van der Waals surface area contributed by atoms with Crippen LogP contribution in [0.3, 0.4) is 0 Å². The van der Waals surface area contributed by atoms with E-state index in [1.54, 1.807) is 0 Å². The van der Waals surface area contributed by atoms with E-state index in [0.717, 1.165) is 0 Å². The van der Waals surface area contributed by atoms with Crippen molar-refractivity contribution in [2.75, 3.05) is 0 Å². The fourth-order valence-corrected chi connectivity index (χ4v) is 1.46. The molecule has 9 heteroatoms. The Morgan fingerprint density at radius 3 is 2.65 bits per heavy atom. The molecule has 0 unspecified atom stereocenters. The topological polar surface area (TPSA) is 93.3 Å². The van der Waals surface area contributed by atoms with E-state index in [0.29, 0.717) is 6.20 Å². The third kappa shape index (κ3) is 2.84. The lowest BCUT2D eigenvalue weighted by molar-refractivity contribution is -0.386. The molecular weight excluding hydrogens is 262 g/mol. The summed E-state index contributed by atoms with van der Waals surface area (Å²) in [4.78, 5) is 23.3. The van der Waals surface area contributed by atoms with E-state index in [1.165, 1.54) is 0 Å². The zero-order valence-corrected chi connectivity index (χ0v) is 8.82. The van der Waals surface area contributed by atoms with Crippen LogP contribution in [-0.2, 0) is 11.2 Å². The van der Waals surface area contributed by atoms with Gasteiger partial charge in [0.25, 0.3) is 12.1 Å². The summed E-state index contributed by atoms with van der Waals surface area (Å²) in [5, 5.41) is 18.6. The smallest absolute Gasteiger partial charge is 0.307 e. The van der Waals surface area contributed by atoms with E-state index in [-0.39, 0.29) is 0 Å². The molecule has 6 nitrogen and oxygen atoms in total. The predicted octanol–water partition coefficient (Wildman–Crippen LogP) is 2.21. The van der Waals surface area contributed by atoms with Crippen LogP contribution in [0.15, 0.2) is 6.20 Å². The Hall–Kier alpha value is -1.83. The Labute approximate surface area is 98.0 Å². The maximum absolute atomic E-state index is 12.7. The van der Waals surface area contributed by atoms with Crippen molar-refractivity contribution in [3.63, 3.8) is 0 Å². The van der Waals surface area contributed by atoms with Crippen LogP contribution in [0.4, 0.5) is 14.5 Å². The lowest BCUT2D eigenvalue weighted by Gasteiger charge is -2.08. The molecular formula is C8H5ClF2N2O4. The molecule has 0 spiro atoms. The molecule has 17 heavy (non-hydrogen) atoms. The van der Waals surface area contributed by atoms with Gasteiger partial charge in [-0.25, -0.2) is 13.8 Å². The summed E-state index contributed by atoms with van der Waals surface area (Å²) < 4.78 is 25.4. The first kappa shape index (κ1) is 13.2. The van der Waals surface area contributed by atoms with Gasteiger partial charge in [-0.3, -0.25) is 14.9 Å². The minimum Gasteiger partial charge on any atom is -0.481 e. The molecule has 0 radical (unpaired) electrons. The molecule has 0 aliphatic carbocycles. The van der Waals surface area contributed by atoms with Crippen LogP contribution >= 0.6 is 11.6 Å². The first-order valence-corrected chi connectivity index (χ1v) is 4.54. The summed E-state index contributed by atoms with van der Waals surface area (Å²) in [5.74, 6) is -1.43. The Bertz CT molecular complexity index is 481. The van der Waals surface area contributed by atoms with Crippen molar-refractivity contribution in [3.8, 4) is 0 Å². The van der Waals surface area contributed by atoms with Gasteiger partial charge in [-0.15, -0.1) is 0 Å². The Morgan fingerprint density at radius 1 is 1.65 bits per heavy atom. The molecule has 0 fully saturated rings. The summed E-state index contributed by atoms with van der Waals surface area (Å²) in [6, 6.07) is 0. The fourth-order valence-electron chi connectivity index (χ4n) is 1.24. The Kier molecular flexibility index (Phi) is 3.89. The molecule has 0 atom stereocenters. The summed E-state index contributed by atoms with van der Waals surface area (Å²) >= 11 is 5.46. The average molecular weight is 267 g/mol. The number of alkyl halides is 2. The SMILES string of the molecule is O=C(O)Cc1c(Cl)ncc([N+](=O)[O-])c1C(F)F. The fraction of sp³-hybridized carbons (Fsp3) is 0.250. The standard InChI is InChI=1S/C8H5ClF2N2O4/c9-7-3(1-5(14)15)6(8(10)11)4(2-12-7)13(16)17/h2,8H,1H2,(H,14,15). The predicted molar refractivity (Wildman–Crippen MR) is 52.2 cm³/mol. The van der Waals surface area contributed by atoms with Gasteiger partial charge in [0.05, 0.1) is 11.3 Å². The number of aromatic nitrogens is 1. The number of hydrogen-bond donors (Lipinski definition) is 1. The monoisotopic (exact) mass is 266 g/mol. The van der Waals surface area contributed by atoms with Crippen molar-refractivity contribution in [1.82, 2.24) is 4.98 Å². The van der Waals surface area contributed by atoms with Crippen LogP contribution in [0.1, 0.15) is 17.6 Å². The molecule has 0 saturated carbocycles. The molecule has 1 rings (SSSR count). The molecule has 0 saturated heterocycles. The number of halogens is 3. The first-order chi connectivity index (χ1) is 7.84. The molecule has 1 aromatic heterocycles. The largest absolute Gasteiger partial charge is 0.481 e. The van der Waals surface area contributed by atoms with E-state index in [9.17, 15) is 23.7 Å². The number of nitrogens with zero attached hydrogens (tertiary/aromatic N) is 2. The summed E-state index contributed by atoms with van der Waals surface area (Å²) in [6.45, 7) is 0. The highest BCUT2D eigenvalue weighted by Crippen LogP contribution is 2.34. The van der Waals surface area contributed by atoms with Gasteiger partial charge in [0.1, 0.15) is 16.9 Å². The quantitative estimate of drug-likeness (QED) is 0.512. The van der Waals surface area contributed by atoms with Crippen molar-refractivity contribution in [1.29, 1.82) is 0 Å². The van der Waals surface area contributed by atoms with Crippen LogP contribution in [0.25, 0.3) is 0 Å². The molecule has 92 valence electrons. The van der Waals surface area contributed by atoms with Crippen molar-refractivity contribution in [2.45, 2.75) is 12.8 Å². The molecule has 1 heterocycles. The first-order valence-electron chi connectivity index (χ1n) is 4.16. The van der Waals surface area contributed by atoms with E-state index in [1.807, 2.05) is 0 Å². The van der Waals surface area contributed by atoms with E-state index < -0.39 is 45.7 Å². The molecule has 0 bridgehead atoms. The molecule has 0 aliphatic rings. The number of rotatable bonds is 4. The maximum Gasteiger partial charge on any atom is 0.307 e. The van der Waals surface area contributed by atoms with Crippen molar-refractivity contribution >= 4 is 23.3 Å². The minimum absolute atomic E-state index is 0.478. The van der Waals surface area contributed by atoms with Crippen LogP contribution in [0, 0.1) is 10.1 Å². The highest BCUT2D eigenvalue weighted by atomic mass is 35.5. The van der Waals surface area contributed by atoms with Gasteiger partial charge in [0, 0.05) is 5.56 Å². The molecule has 1 aromatic rings. The average Bonchev–Trinajstić information content (AvgIpc) is 2.19. The van der Waals surface area contributed by atoms with Crippen molar-refractivity contribution < 1.29 is 23.6 Å². The number of pyridine rings is 1. The van der Waals surface area contributed by atoms with E-state index >= 15 is 0 Å². The molecule has 0 amide bonds. The number of aliphatic carboxylic acids is 1. The number of carboxylic acids is 1. The lowest BCUT2D eigenvalue weighted by atomic mass is 10.1. The van der Waals surface area contributed by atoms with Gasteiger partial charge >= 0.3 is 5.97 Å². The summed E-state index contributed by atoms with van der Waals surface area (Å²) in [7, 11) is 0. The third-order valence-electron chi connectivity index (χ3n) is 1.89. The summed E-state index contributed by atoms with van der Waals surface area (Å²) in [6.07, 6.45) is -3.48. The normalized spacial score (nSPS) is 10.6. The maximum atomic E-state index is 12.7. The van der Waals surface area contributed by atoms with E-state index in [4.69, 9.17) is 16.7 Å². The van der Waals surface area contributed by atoms with Crippen LogP contribution in [0.5, 0.6) is 0 Å². The third-order valence-corrected chi connectivity index (χ3v) is 2.22. The number of nitro groups is 1. The highest BCUT2D eigenvalue weighted by Gasteiger charge is 2.29. The number of hydrogen-bond acceptors (Lipinski definition) is 4. The van der Waals surface area contributed by atoms with E-state index in [2.05, 4.69) is 4.98 Å². The van der Waals surface area contributed by atoms with Gasteiger partial charge in [-0.05, 0) is 0 Å². The molecule has 1 N–H and O–H groups in total. The van der Waals surface area contributed by atoms with Crippen LogP contribution < -0.4 is 0 Å². The van der Waals surface area contributed by atoms with Crippen molar-refractivity contribution in [3.05, 3.63) is 32.6 Å². The Balaban J connectivity index is 3.48. The zero-order chi connectivity index (χ0) is 13.2. The second-order valence-corrected chi connectivity index (χ2v) is 3.31. The second kappa shape index (κ2) is 5.00. The van der Waals surface area contributed by atoms with Gasteiger partial charge in [0.2, 0.25) is 0 Å². The van der Waals surface area contributed by atoms with Crippen molar-refractivity contribution in [2.24, 2.45) is 0 Å². The highest BCUT2D eigenvalue weighted by molar-refractivity contribution is 6.30. The lowest BCUT2D eigenvalue weighted by Crippen LogP contribution is -2.08. The van der Waals surface area contributed by atoms with Gasteiger partial charge in [0.15, 0.2) is 0 Å².